The molecule has 0 fully saturated rings. The van der Waals surface area contributed by atoms with Crippen LogP contribution in [0.2, 0.25) is 0 Å². The lowest BCUT2D eigenvalue weighted by Gasteiger charge is -2.11. The molecule has 1 heterocycles. The number of benzene rings is 1. The van der Waals surface area contributed by atoms with E-state index >= 15 is 0 Å². The molecule has 1 unspecified atom stereocenters. The van der Waals surface area contributed by atoms with Gasteiger partial charge in [-0.2, -0.15) is 0 Å². The summed E-state index contributed by atoms with van der Waals surface area (Å²) in [5.41, 5.74) is 7.34. The van der Waals surface area contributed by atoms with E-state index in [4.69, 9.17) is 10.5 Å². The summed E-state index contributed by atoms with van der Waals surface area (Å²) in [6, 6.07) is 12.1. The Bertz CT molecular complexity index is 492. The minimum Gasteiger partial charge on any atom is -0.494 e. The van der Waals surface area contributed by atoms with Crippen molar-refractivity contribution >= 4 is 11.3 Å². The standard InChI is InChI=1S/C14H17NOS/c1-3-16-12-6-4-5-11(9-12)14(15)13-8-7-10(2)17-13/h4-9,14H,3,15H2,1-2H3. The zero-order valence-electron chi connectivity index (χ0n) is 10.1. The molecule has 0 amide bonds. The van der Waals surface area contributed by atoms with E-state index in [1.165, 1.54) is 9.75 Å². The first-order valence-electron chi connectivity index (χ1n) is 5.75. The highest BCUT2D eigenvalue weighted by Gasteiger charge is 2.11. The zero-order valence-corrected chi connectivity index (χ0v) is 11.0. The Labute approximate surface area is 106 Å². The Balaban J connectivity index is 2.24. The van der Waals surface area contributed by atoms with Crippen molar-refractivity contribution in [2.75, 3.05) is 6.61 Å². The monoisotopic (exact) mass is 247 g/mol. The van der Waals surface area contributed by atoms with Crippen molar-refractivity contribution in [2.45, 2.75) is 19.9 Å². The van der Waals surface area contributed by atoms with Crippen LogP contribution in [-0.4, -0.2) is 6.61 Å². The van der Waals surface area contributed by atoms with Gasteiger partial charge < -0.3 is 10.5 Å². The van der Waals surface area contributed by atoms with Crippen LogP contribution in [-0.2, 0) is 0 Å². The van der Waals surface area contributed by atoms with Gasteiger partial charge in [0.25, 0.3) is 0 Å². The zero-order chi connectivity index (χ0) is 12.3. The molecule has 90 valence electrons. The van der Waals surface area contributed by atoms with Crippen LogP contribution >= 0.6 is 11.3 Å². The van der Waals surface area contributed by atoms with Crippen LogP contribution in [0.5, 0.6) is 5.75 Å². The second kappa shape index (κ2) is 5.34. The van der Waals surface area contributed by atoms with E-state index in [9.17, 15) is 0 Å². The van der Waals surface area contributed by atoms with E-state index in [0.717, 1.165) is 11.3 Å². The van der Waals surface area contributed by atoms with Crippen molar-refractivity contribution in [3.05, 3.63) is 51.7 Å². The summed E-state index contributed by atoms with van der Waals surface area (Å²) in [6.45, 7) is 4.75. The third kappa shape index (κ3) is 2.87. The average molecular weight is 247 g/mol. The SMILES string of the molecule is CCOc1cccc(C(N)c2ccc(C)s2)c1. The summed E-state index contributed by atoms with van der Waals surface area (Å²) < 4.78 is 5.49. The maximum Gasteiger partial charge on any atom is 0.119 e. The predicted molar refractivity (Wildman–Crippen MR) is 72.7 cm³/mol. The highest BCUT2D eigenvalue weighted by Crippen LogP contribution is 2.28. The van der Waals surface area contributed by atoms with E-state index in [-0.39, 0.29) is 6.04 Å². The van der Waals surface area contributed by atoms with Gasteiger partial charge in [-0.3, -0.25) is 0 Å². The van der Waals surface area contributed by atoms with Crippen molar-refractivity contribution in [1.82, 2.24) is 0 Å². The van der Waals surface area contributed by atoms with Crippen molar-refractivity contribution in [3.63, 3.8) is 0 Å². The molecular weight excluding hydrogens is 230 g/mol. The molecule has 0 bridgehead atoms. The number of nitrogens with two attached hydrogens (primary N) is 1. The summed E-state index contributed by atoms with van der Waals surface area (Å²) in [5.74, 6) is 0.883. The highest BCUT2D eigenvalue weighted by molar-refractivity contribution is 7.12. The largest absolute Gasteiger partial charge is 0.494 e. The molecule has 0 aliphatic heterocycles. The molecule has 2 rings (SSSR count). The van der Waals surface area contributed by atoms with E-state index in [2.05, 4.69) is 19.1 Å². The van der Waals surface area contributed by atoms with Crippen LogP contribution < -0.4 is 10.5 Å². The fourth-order valence-corrected chi connectivity index (χ4v) is 2.66. The second-order valence-electron chi connectivity index (χ2n) is 3.93. The normalized spacial score (nSPS) is 12.4. The van der Waals surface area contributed by atoms with Gasteiger partial charge >= 0.3 is 0 Å². The first-order chi connectivity index (χ1) is 8.20. The Morgan fingerprint density at radius 3 is 2.76 bits per heavy atom. The Kier molecular flexibility index (Phi) is 3.82. The maximum absolute atomic E-state index is 6.25. The quantitative estimate of drug-likeness (QED) is 0.897. The first kappa shape index (κ1) is 12.1. The lowest BCUT2D eigenvalue weighted by Crippen LogP contribution is -2.10. The molecule has 1 atom stereocenters. The van der Waals surface area contributed by atoms with Crippen LogP contribution in [0.15, 0.2) is 36.4 Å². The summed E-state index contributed by atoms with van der Waals surface area (Å²) in [7, 11) is 0. The molecule has 0 saturated heterocycles. The average Bonchev–Trinajstić information content (AvgIpc) is 2.76. The third-order valence-electron chi connectivity index (χ3n) is 2.60. The fraction of sp³-hybridized carbons (Fsp3) is 0.286. The van der Waals surface area contributed by atoms with E-state index in [0.29, 0.717) is 6.61 Å². The van der Waals surface area contributed by atoms with Gasteiger partial charge in [0.2, 0.25) is 0 Å². The van der Waals surface area contributed by atoms with Crippen LogP contribution in [0, 0.1) is 6.92 Å². The van der Waals surface area contributed by atoms with Crippen LogP contribution in [0.4, 0.5) is 0 Å². The molecule has 1 aromatic heterocycles. The van der Waals surface area contributed by atoms with Gasteiger partial charge in [0.1, 0.15) is 5.75 Å². The lowest BCUT2D eigenvalue weighted by atomic mass is 10.1. The second-order valence-corrected chi connectivity index (χ2v) is 5.25. The molecule has 2 N–H and O–H groups in total. The minimum atomic E-state index is -0.0610. The van der Waals surface area contributed by atoms with Gasteiger partial charge in [-0.1, -0.05) is 12.1 Å². The van der Waals surface area contributed by atoms with Crippen LogP contribution in [0.3, 0.4) is 0 Å². The van der Waals surface area contributed by atoms with E-state index in [1.54, 1.807) is 11.3 Å². The first-order valence-corrected chi connectivity index (χ1v) is 6.57. The van der Waals surface area contributed by atoms with Crippen LogP contribution in [0.25, 0.3) is 0 Å². The van der Waals surface area contributed by atoms with Gasteiger partial charge in [-0.25, -0.2) is 0 Å². The molecule has 0 saturated carbocycles. The minimum absolute atomic E-state index is 0.0610. The van der Waals surface area contributed by atoms with Gasteiger partial charge in [0, 0.05) is 9.75 Å². The van der Waals surface area contributed by atoms with E-state index < -0.39 is 0 Å². The van der Waals surface area contributed by atoms with Crippen molar-refractivity contribution < 1.29 is 4.74 Å². The number of rotatable bonds is 4. The van der Waals surface area contributed by atoms with Gasteiger partial charge in [-0.15, -0.1) is 11.3 Å². The molecule has 0 aliphatic carbocycles. The third-order valence-corrected chi connectivity index (χ3v) is 3.68. The fourth-order valence-electron chi connectivity index (χ4n) is 1.75. The van der Waals surface area contributed by atoms with Gasteiger partial charge in [0.15, 0.2) is 0 Å². The smallest absolute Gasteiger partial charge is 0.119 e. The molecule has 2 nitrogen and oxygen atoms in total. The van der Waals surface area contributed by atoms with Crippen molar-refractivity contribution in [3.8, 4) is 5.75 Å². The Morgan fingerprint density at radius 1 is 1.29 bits per heavy atom. The predicted octanol–water partition coefficient (Wildman–Crippen LogP) is 3.50. The van der Waals surface area contributed by atoms with Crippen LogP contribution in [0.1, 0.15) is 28.3 Å². The molecule has 0 radical (unpaired) electrons. The molecule has 17 heavy (non-hydrogen) atoms. The summed E-state index contributed by atoms with van der Waals surface area (Å²) >= 11 is 1.74. The molecule has 0 aliphatic rings. The van der Waals surface area contributed by atoms with Gasteiger partial charge in [-0.05, 0) is 43.7 Å². The number of aryl methyl sites for hydroxylation is 1. The number of ether oxygens (including phenoxy) is 1. The van der Waals surface area contributed by atoms with Gasteiger partial charge in [0.05, 0.1) is 12.6 Å². The number of thiophene rings is 1. The summed E-state index contributed by atoms with van der Waals surface area (Å²) in [6.07, 6.45) is 0. The summed E-state index contributed by atoms with van der Waals surface area (Å²) in [5, 5.41) is 0. The lowest BCUT2D eigenvalue weighted by molar-refractivity contribution is 0.340. The Morgan fingerprint density at radius 2 is 2.12 bits per heavy atom. The summed E-state index contributed by atoms with van der Waals surface area (Å²) in [4.78, 5) is 2.48. The molecule has 3 heteroatoms. The van der Waals surface area contributed by atoms with E-state index in [1.807, 2.05) is 31.2 Å². The molecule has 1 aromatic carbocycles. The van der Waals surface area contributed by atoms with Crippen molar-refractivity contribution in [1.29, 1.82) is 0 Å². The number of hydrogen-bond donors (Lipinski definition) is 1. The van der Waals surface area contributed by atoms with Crippen molar-refractivity contribution in [2.24, 2.45) is 5.73 Å². The Hall–Kier alpha value is -1.32. The topological polar surface area (TPSA) is 35.2 Å². The maximum atomic E-state index is 6.25. The highest BCUT2D eigenvalue weighted by atomic mass is 32.1. The molecule has 0 spiro atoms. The molecular formula is C14H17NOS. The number of hydrogen-bond acceptors (Lipinski definition) is 3. The molecule has 2 aromatic rings.